The minimum Gasteiger partial charge on any atom is -0.329 e. The third-order valence-electron chi connectivity index (χ3n) is 4.85. The van der Waals surface area contributed by atoms with Gasteiger partial charge in [0, 0.05) is 42.8 Å². The van der Waals surface area contributed by atoms with Crippen LogP contribution in [0, 0.1) is 0 Å². The van der Waals surface area contributed by atoms with E-state index in [0.29, 0.717) is 30.5 Å². The van der Waals surface area contributed by atoms with E-state index >= 15 is 0 Å². The number of amides is 2. The number of nitrogens with zero attached hydrogens (tertiary/aromatic N) is 4. The number of thiophene rings is 1. The first-order valence-electron chi connectivity index (χ1n) is 9.57. The predicted molar refractivity (Wildman–Crippen MR) is 123 cm³/mol. The summed E-state index contributed by atoms with van der Waals surface area (Å²) >= 11 is 13.2. The average Bonchev–Trinajstić information content (AvgIpc) is 3.18. The van der Waals surface area contributed by atoms with Crippen molar-refractivity contribution in [2.24, 2.45) is 0 Å². The van der Waals surface area contributed by atoms with Gasteiger partial charge in [0.1, 0.15) is 0 Å². The zero-order valence-electron chi connectivity index (χ0n) is 16.4. The fraction of sp³-hybridized carbons (Fsp3) is 0.182. The summed E-state index contributed by atoms with van der Waals surface area (Å²) in [5.74, 6) is -0.960. The molecule has 1 aliphatic heterocycles. The van der Waals surface area contributed by atoms with Crippen LogP contribution in [0.3, 0.4) is 0 Å². The monoisotopic (exact) mass is 472 g/mol. The third kappa shape index (κ3) is 5.31. The van der Waals surface area contributed by atoms with Crippen LogP contribution in [-0.4, -0.2) is 51.2 Å². The number of rotatable bonds is 6. The molecule has 0 saturated carbocycles. The van der Waals surface area contributed by atoms with Crippen molar-refractivity contribution in [2.75, 3.05) is 19.6 Å². The van der Waals surface area contributed by atoms with Crippen molar-refractivity contribution in [3.63, 3.8) is 0 Å². The van der Waals surface area contributed by atoms with Gasteiger partial charge in [0.15, 0.2) is 0 Å². The van der Waals surface area contributed by atoms with Gasteiger partial charge in [-0.15, -0.1) is 11.3 Å². The highest BCUT2D eigenvalue weighted by molar-refractivity contribution is 7.16. The molecule has 0 N–H and O–H groups in total. The fourth-order valence-corrected chi connectivity index (χ4v) is 4.39. The van der Waals surface area contributed by atoms with Gasteiger partial charge in [0.2, 0.25) is 5.28 Å². The van der Waals surface area contributed by atoms with Gasteiger partial charge >= 0.3 is 11.8 Å². The summed E-state index contributed by atoms with van der Waals surface area (Å²) in [6, 6.07) is 13.2. The average molecular weight is 473 g/mol. The van der Waals surface area contributed by atoms with E-state index < -0.39 is 11.8 Å². The summed E-state index contributed by atoms with van der Waals surface area (Å²) in [7, 11) is 0. The Labute approximate surface area is 193 Å². The van der Waals surface area contributed by atoms with Gasteiger partial charge in [-0.25, -0.2) is 9.97 Å². The molecule has 2 amide bonds. The number of carbonyl (C=O) groups is 2. The molecule has 0 unspecified atom stereocenters. The van der Waals surface area contributed by atoms with Crippen LogP contribution in [0.25, 0.3) is 17.3 Å². The van der Waals surface area contributed by atoms with E-state index in [0.717, 1.165) is 21.7 Å². The molecule has 31 heavy (non-hydrogen) atoms. The Bertz CT molecular complexity index is 1130. The van der Waals surface area contributed by atoms with Crippen LogP contribution < -0.4 is 0 Å². The first-order valence-corrected chi connectivity index (χ1v) is 11.1. The molecule has 0 aliphatic carbocycles. The first kappa shape index (κ1) is 21.5. The minimum atomic E-state index is -0.481. The van der Waals surface area contributed by atoms with Crippen molar-refractivity contribution in [1.82, 2.24) is 19.8 Å². The maximum Gasteiger partial charge on any atom is 0.312 e. The van der Waals surface area contributed by atoms with Gasteiger partial charge in [0.05, 0.1) is 10.0 Å². The molecule has 3 heterocycles. The van der Waals surface area contributed by atoms with Crippen LogP contribution in [0.15, 0.2) is 54.7 Å². The van der Waals surface area contributed by atoms with Crippen LogP contribution >= 0.6 is 34.5 Å². The standard InChI is InChI=1S/C22H18Cl2N4O2S/c23-19-8-7-17(31-19)2-1-11-27-12-13-28(21(30)20(27)29)14-15-3-5-16(6-4-15)18-9-10-25-22(24)26-18/h1-10H,11-14H2/b2-1+. The Morgan fingerprint density at radius 2 is 1.71 bits per heavy atom. The van der Waals surface area contributed by atoms with Crippen LogP contribution in [0.5, 0.6) is 0 Å². The van der Waals surface area contributed by atoms with E-state index in [1.54, 1.807) is 22.1 Å². The van der Waals surface area contributed by atoms with Crippen molar-refractivity contribution >= 4 is 52.4 Å². The molecule has 2 aromatic heterocycles. The van der Waals surface area contributed by atoms with Crippen LogP contribution in [0.2, 0.25) is 9.62 Å². The van der Waals surface area contributed by atoms with Gasteiger partial charge in [-0.2, -0.15) is 0 Å². The molecule has 0 spiro atoms. The molecule has 4 rings (SSSR count). The second-order valence-corrected chi connectivity index (χ2v) is 9.01. The lowest BCUT2D eigenvalue weighted by Crippen LogP contribution is -2.53. The van der Waals surface area contributed by atoms with E-state index in [2.05, 4.69) is 9.97 Å². The van der Waals surface area contributed by atoms with Gasteiger partial charge in [-0.1, -0.05) is 41.9 Å². The van der Waals surface area contributed by atoms with Crippen LogP contribution in [-0.2, 0) is 16.1 Å². The van der Waals surface area contributed by atoms with Crippen molar-refractivity contribution in [3.8, 4) is 11.3 Å². The number of hydrogen-bond donors (Lipinski definition) is 0. The topological polar surface area (TPSA) is 66.4 Å². The molecule has 158 valence electrons. The second kappa shape index (κ2) is 9.60. The van der Waals surface area contributed by atoms with E-state index in [1.807, 2.05) is 48.6 Å². The van der Waals surface area contributed by atoms with Crippen molar-refractivity contribution in [1.29, 1.82) is 0 Å². The SMILES string of the molecule is O=C1C(=O)N(Cc2ccc(-c3ccnc(Cl)n3)cc2)CCN1C/C=C/c1ccc(Cl)s1. The smallest absolute Gasteiger partial charge is 0.312 e. The third-order valence-corrected chi connectivity index (χ3v) is 6.23. The maximum absolute atomic E-state index is 12.6. The summed E-state index contributed by atoms with van der Waals surface area (Å²) in [5, 5.41) is 0.192. The molecular weight excluding hydrogens is 455 g/mol. The van der Waals surface area contributed by atoms with Gasteiger partial charge < -0.3 is 9.80 Å². The highest BCUT2D eigenvalue weighted by Gasteiger charge is 2.31. The second-order valence-electron chi connectivity index (χ2n) is 6.93. The molecule has 0 atom stereocenters. The quantitative estimate of drug-likeness (QED) is 0.393. The Morgan fingerprint density at radius 3 is 2.42 bits per heavy atom. The summed E-state index contributed by atoms with van der Waals surface area (Å²) in [6.07, 6.45) is 5.39. The molecule has 6 nitrogen and oxygen atoms in total. The van der Waals surface area contributed by atoms with Gasteiger partial charge in [0.25, 0.3) is 0 Å². The van der Waals surface area contributed by atoms with Crippen LogP contribution in [0.4, 0.5) is 0 Å². The summed E-state index contributed by atoms with van der Waals surface area (Å²) in [6.45, 7) is 1.76. The van der Waals surface area contributed by atoms with E-state index in [-0.39, 0.29) is 5.28 Å². The zero-order valence-corrected chi connectivity index (χ0v) is 18.7. The normalized spacial score (nSPS) is 14.6. The first-order chi connectivity index (χ1) is 15.0. The van der Waals surface area contributed by atoms with Crippen LogP contribution in [0.1, 0.15) is 10.4 Å². The number of piperazine rings is 1. The van der Waals surface area contributed by atoms with Crippen molar-refractivity contribution in [3.05, 3.63) is 74.8 Å². The summed E-state index contributed by atoms with van der Waals surface area (Å²) in [4.78, 5) is 37.3. The Kier molecular flexibility index (Phi) is 6.65. The fourth-order valence-electron chi connectivity index (χ4n) is 3.25. The Balaban J connectivity index is 1.34. The molecule has 9 heteroatoms. The van der Waals surface area contributed by atoms with Crippen molar-refractivity contribution < 1.29 is 9.59 Å². The highest BCUT2D eigenvalue weighted by Crippen LogP contribution is 2.23. The van der Waals surface area contributed by atoms with Gasteiger partial charge in [-0.05, 0) is 41.4 Å². The molecule has 1 saturated heterocycles. The van der Waals surface area contributed by atoms with E-state index in [9.17, 15) is 9.59 Å². The van der Waals surface area contributed by atoms with E-state index in [1.165, 1.54) is 11.3 Å². The molecule has 1 aromatic carbocycles. The lowest BCUT2D eigenvalue weighted by atomic mass is 10.1. The van der Waals surface area contributed by atoms with Gasteiger partial charge in [-0.3, -0.25) is 9.59 Å². The number of hydrogen-bond acceptors (Lipinski definition) is 5. The summed E-state index contributed by atoms with van der Waals surface area (Å²) < 4.78 is 0.716. The van der Waals surface area contributed by atoms with E-state index in [4.69, 9.17) is 23.2 Å². The molecule has 3 aromatic rings. The Hall–Kier alpha value is -2.74. The lowest BCUT2D eigenvalue weighted by molar-refractivity contribution is -0.156. The highest BCUT2D eigenvalue weighted by atomic mass is 35.5. The zero-order chi connectivity index (χ0) is 21.8. The number of benzene rings is 1. The molecule has 0 radical (unpaired) electrons. The Morgan fingerprint density at radius 1 is 0.968 bits per heavy atom. The molecule has 0 bridgehead atoms. The summed E-state index contributed by atoms with van der Waals surface area (Å²) in [5.41, 5.74) is 2.57. The number of aromatic nitrogens is 2. The van der Waals surface area contributed by atoms with Crippen molar-refractivity contribution in [2.45, 2.75) is 6.54 Å². The molecule has 1 aliphatic rings. The largest absolute Gasteiger partial charge is 0.329 e. The predicted octanol–water partition coefficient (Wildman–Crippen LogP) is 4.40. The number of carbonyl (C=O) groups excluding carboxylic acids is 2. The minimum absolute atomic E-state index is 0.192. The number of halogens is 2. The molecular formula is C22H18Cl2N4O2S. The lowest BCUT2D eigenvalue weighted by Gasteiger charge is -2.33. The molecule has 1 fully saturated rings. The maximum atomic E-state index is 12.6.